The monoisotopic (exact) mass is 255 g/mol. The average Bonchev–Trinajstić information content (AvgIpc) is 2.18. The van der Waals surface area contributed by atoms with Crippen LogP contribution >= 0.6 is 15.9 Å². The van der Waals surface area contributed by atoms with Crippen molar-refractivity contribution in [3.05, 3.63) is 28.2 Å². The fourth-order valence-corrected chi connectivity index (χ4v) is 2.32. The predicted molar refractivity (Wildman–Crippen MR) is 61.9 cm³/mol. The maximum absolute atomic E-state index is 5.33. The van der Waals surface area contributed by atoms with Gasteiger partial charge >= 0.3 is 0 Å². The van der Waals surface area contributed by atoms with Gasteiger partial charge in [0.05, 0.1) is 13.2 Å². The van der Waals surface area contributed by atoms with E-state index >= 15 is 0 Å². The first-order valence-electron chi connectivity index (χ1n) is 4.85. The molecule has 1 aliphatic heterocycles. The quantitative estimate of drug-likeness (QED) is 0.765. The van der Waals surface area contributed by atoms with Gasteiger partial charge in [0.1, 0.15) is 0 Å². The van der Waals surface area contributed by atoms with Crippen LogP contribution in [0.2, 0.25) is 0 Å². The van der Waals surface area contributed by atoms with Crippen LogP contribution in [0.15, 0.2) is 22.7 Å². The molecule has 2 rings (SSSR count). The lowest BCUT2D eigenvalue weighted by Crippen LogP contribution is -2.36. The smallest absolute Gasteiger partial charge is 0.0642 e. The van der Waals surface area contributed by atoms with Gasteiger partial charge in [-0.2, -0.15) is 0 Å². The standard InChI is InChI=1S/C11H14BrNO/c1-9-6-10(12)8-11(7-9)13-2-4-14-5-3-13/h6-8H,2-5H2,1H3. The third-order valence-electron chi connectivity index (χ3n) is 2.40. The Morgan fingerprint density at radius 2 is 1.93 bits per heavy atom. The molecule has 0 bridgehead atoms. The molecule has 1 fully saturated rings. The molecule has 0 aliphatic carbocycles. The Bertz CT molecular complexity index is 301. The molecule has 0 N–H and O–H groups in total. The second kappa shape index (κ2) is 4.32. The number of morpholine rings is 1. The largest absolute Gasteiger partial charge is 0.378 e. The summed E-state index contributed by atoms with van der Waals surface area (Å²) in [5.41, 5.74) is 2.58. The van der Waals surface area contributed by atoms with E-state index in [1.165, 1.54) is 11.3 Å². The molecule has 2 nitrogen and oxygen atoms in total. The Hall–Kier alpha value is -0.540. The van der Waals surface area contributed by atoms with Gasteiger partial charge in [0.2, 0.25) is 0 Å². The van der Waals surface area contributed by atoms with E-state index in [4.69, 9.17) is 4.74 Å². The van der Waals surface area contributed by atoms with Crippen molar-refractivity contribution in [1.82, 2.24) is 0 Å². The Labute approximate surface area is 93.0 Å². The first kappa shape index (κ1) is 9.99. The van der Waals surface area contributed by atoms with E-state index in [-0.39, 0.29) is 0 Å². The van der Waals surface area contributed by atoms with Crippen molar-refractivity contribution in [2.45, 2.75) is 6.92 Å². The molecule has 0 spiro atoms. The molecule has 0 saturated carbocycles. The molecule has 1 heterocycles. The number of halogens is 1. The zero-order valence-corrected chi connectivity index (χ0v) is 9.88. The summed E-state index contributed by atoms with van der Waals surface area (Å²) in [6.45, 7) is 5.79. The van der Waals surface area contributed by atoms with Gasteiger partial charge in [0.15, 0.2) is 0 Å². The Morgan fingerprint density at radius 3 is 2.57 bits per heavy atom. The van der Waals surface area contributed by atoms with Crippen LogP contribution in [-0.4, -0.2) is 26.3 Å². The second-order valence-electron chi connectivity index (χ2n) is 3.59. The lowest BCUT2D eigenvalue weighted by molar-refractivity contribution is 0.122. The van der Waals surface area contributed by atoms with Gasteiger partial charge in [-0.1, -0.05) is 15.9 Å². The summed E-state index contributed by atoms with van der Waals surface area (Å²) in [5, 5.41) is 0. The number of aryl methyl sites for hydroxylation is 1. The normalized spacial score (nSPS) is 17.1. The van der Waals surface area contributed by atoms with E-state index < -0.39 is 0 Å². The van der Waals surface area contributed by atoms with Gasteiger partial charge in [0, 0.05) is 23.2 Å². The summed E-state index contributed by atoms with van der Waals surface area (Å²) < 4.78 is 6.48. The van der Waals surface area contributed by atoms with Crippen molar-refractivity contribution in [2.75, 3.05) is 31.2 Å². The lowest BCUT2D eigenvalue weighted by atomic mass is 10.2. The van der Waals surface area contributed by atoms with Crippen LogP contribution in [0.25, 0.3) is 0 Å². The van der Waals surface area contributed by atoms with Gasteiger partial charge in [-0.25, -0.2) is 0 Å². The van der Waals surface area contributed by atoms with Crippen LogP contribution in [0.3, 0.4) is 0 Å². The lowest BCUT2D eigenvalue weighted by Gasteiger charge is -2.29. The maximum Gasteiger partial charge on any atom is 0.0642 e. The van der Waals surface area contributed by atoms with E-state index in [0.29, 0.717) is 0 Å². The van der Waals surface area contributed by atoms with Crippen molar-refractivity contribution in [1.29, 1.82) is 0 Å². The minimum absolute atomic E-state index is 0.839. The third-order valence-corrected chi connectivity index (χ3v) is 2.86. The molecule has 0 amide bonds. The van der Waals surface area contributed by atoms with Gasteiger partial charge < -0.3 is 9.64 Å². The zero-order chi connectivity index (χ0) is 9.97. The summed E-state index contributed by atoms with van der Waals surface area (Å²) in [5.74, 6) is 0. The average molecular weight is 256 g/mol. The van der Waals surface area contributed by atoms with E-state index in [2.05, 4.69) is 46.0 Å². The van der Waals surface area contributed by atoms with E-state index in [0.717, 1.165) is 30.8 Å². The van der Waals surface area contributed by atoms with Crippen LogP contribution in [0.4, 0.5) is 5.69 Å². The number of rotatable bonds is 1. The van der Waals surface area contributed by atoms with Crippen molar-refractivity contribution >= 4 is 21.6 Å². The van der Waals surface area contributed by atoms with Crippen molar-refractivity contribution < 1.29 is 4.74 Å². The van der Waals surface area contributed by atoms with Crippen LogP contribution < -0.4 is 4.90 Å². The molecule has 1 aliphatic rings. The molecule has 0 unspecified atom stereocenters. The molecule has 0 radical (unpaired) electrons. The third kappa shape index (κ3) is 2.28. The van der Waals surface area contributed by atoms with Gasteiger partial charge in [0.25, 0.3) is 0 Å². The van der Waals surface area contributed by atoms with Crippen molar-refractivity contribution in [3.8, 4) is 0 Å². The maximum atomic E-state index is 5.33. The predicted octanol–water partition coefficient (Wildman–Crippen LogP) is 2.59. The topological polar surface area (TPSA) is 12.5 Å². The number of benzene rings is 1. The summed E-state index contributed by atoms with van der Waals surface area (Å²) >= 11 is 3.52. The molecule has 1 aromatic rings. The number of hydrogen-bond donors (Lipinski definition) is 0. The fourth-order valence-electron chi connectivity index (χ4n) is 1.72. The van der Waals surface area contributed by atoms with E-state index in [1.807, 2.05) is 0 Å². The first-order chi connectivity index (χ1) is 6.75. The summed E-state index contributed by atoms with van der Waals surface area (Å²) in [7, 11) is 0. The first-order valence-corrected chi connectivity index (χ1v) is 5.65. The number of anilines is 1. The van der Waals surface area contributed by atoms with E-state index in [9.17, 15) is 0 Å². The van der Waals surface area contributed by atoms with Gasteiger partial charge in [-0.15, -0.1) is 0 Å². The molecule has 76 valence electrons. The molecular formula is C11H14BrNO. The molecule has 0 aromatic heterocycles. The minimum Gasteiger partial charge on any atom is -0.378 e. The zero-order valence-electron chi connectivity index (χ0n) is 8.29. The molecular weight excluding hydrogens is 242 g/mol. The van der Waals surface area contributed by atoms with Crippen LogP contribution in [-0.2, 0) is 4.74 Å². The van der Waals surface area contributed by atoms with Crippen molar-refractivity contribution in [2.24, 2.45) is 0 Å². The number of ether oxygens (including phenoxy) is 1. The highest BCUT2D eigenvalue weighted by atomic mass is 79.9. The number of hydrogen-bond acceptors (Lipinski definition) is 2. The highest BCUT2D eigenvalue weighted by Gasteiger charge is 2.11. The van der Waals surface area contributed by atoms with Crippen LogP contribution in [0.1, 0.15) is 5.56 Å². The molecule has 14 heavy (non-hydrogen) atoms. The summed E-state index contributed by atoms with van der Waals surface area (Å²) in [6.07, 6.45) is 0. The number of nitrogens with zero attached hydrogens (tertiary/aromatic N) is 1. The summed E-state index contributed by atoms with van der Waals surface area (Å²) in [4.78, 5) is 2.36. The van der Waals surface area contributed by atoms with Crippen molar-refractivity contribution in [3.63, 3.8) is 0 Å². The van der Waals surface area contributed by atoms with E-state index in [1.54, 1.807) is 0 Å². The van der Waals surface area contributed by atoms with Gasteiger partial charge in [-0.05, 0) is 30.7 Å². The molecule has 1 saturated heterocycles. The highest BCUT2D eigenvalue weighted by molar-refractivity contribution is 9.10. The SMILES string of the molecule is Cc1cc(Br)cc(N2CCOCC2)c1. The Morgan fingerprint density at radius 1 is 1.21 bits per heavy atom. The Balaban J connectivity index is 2.21. The van der Waals surface area contributed by atoms with Crippen LogP contribution in [0.5, 0.6) is 0 Å². The minimum atomic E-state index is 0.839. The van der Waals surface area contributed by atoms with Crippen LogP contribution in [0, 0.1) is 6.92 Å². The molecule has 0 atom stereocenters. The Kier molecular flexibility index (Phi) is 3.08. The molecule has 1 aromatic carbocycles. The molecule has 3 heteroatoms. The highest BCUT2D eigenvalue weighted by Crippen LogP contribution is 2.23. The second-order valence-corrected chi connectivity index (χ2v) is 4.50. The van der Waals surface area contributed by atoms with Gasteiger partial charge in [-0.3, -0.25) is 0 Å². The summed E-state index contributed by atoms with van der Waals surface area (Å²) in [6, 6.07) is 6.51. The fraction of sp³-hybridized carbons (Fsp3) is 0.455.